The highest BCUT2D eigenvalue weighted by Crippen LogP contribution is 2.38. The lowest BCUT2D eigenvalue weighted by Crippen LogP contribution is -2.35. The molecular formula is C20H19F4NO2. The first-order valence-electron chi connectivity index (χ1n) is 8.58. The third kappa shape index (κ3) is 4.07. The average Bonchev–Trinajstić information content (AvgIpc) is 3.07. The molecule has 0 aliphatic carbocycles. The van der Waals surface area contributed by atoms with Crippen molar-refractivity contribution in [1.82, 2.24) is 0 Å². The summed E-state index contributed by atoms with van der Waals surface area (Å²) in [4.78, 5) is 12.8. The molecule has 1 aliphatic heterocycles. The van der Waals surface area contributed by atoms with Gasteiger partial charge < -0.3 is 10.0 Å². The number of benzene rings is 2. The highest BCUT2D eigenvalue weighted by Gasteiger charge is 2.37. The molecule has 1 heterocycles. The van der Waals surface area contributed by atoms with E-state index in [2.05, 4.69) is 0 Å². The number of nitrogens with zero attached hydrogens (tertiary/aromatic N) is 1. The molecule has 0 spiro atoms. The monoisotopic (exact) mass is 381 g/mol. The third-order valence-electron chi connectivity index (χ3n) is 5.03. The van der Waals surface area contributed by atoms with Crippen molar-refractivity contribution in [1.29, 1.82) is 0 Å². The summed E-state index contributed by atoms with van der Waals surface area (Å²) in [6.07, 6.45) is -5.05. The van der Waals surface area contributed by atoms with Gasteiger partial charge in [-0.15, -0.1) is 0 Å². The molecule has 2 aromatic rings. The molecule has 0 aromatic heterocycles. The van der Waals surface area contributed by atoms with Gasteiger partial charge in [-0.25, -0.2) is 9.18 Å². The van der Waals surface area contributed by atoms with Crippen molar-refractivity contribution in [3.63, 3.8) is 0 Å². The minimum absolute atomic E-state index is 0.102. The van der Waals surface area contributed by atoms with Crippen molar-refractivity contribution >= 4 is 11.7 Å². The van der Waals surface area contributed by atoms with Gasteiger partial charge in [0.15, 0.2) is 0 Å². The molecule has 27 heavy (non-hydrogen) atoms. The molecule has 3 atom stereocenters. The Morgan fingerprint density at radius 2 is 1.70 bits per heavy atom. The Morgan fingerprint density at radius 3 is 2.19 bits per heavy atom. The highest BCUT2D eigenvalue weighted by molar-refractivity contribution is 5.88. The summed E-state index contributed by atoms with van der Waals surface area (Å²) >= 11 is 0. The smallest absolute Gasteiger partial charge is 0.416 e. The number of rotatable bonds is 4. The first kappa shape index (κ1) is 19.2. The average molecular weight is 381 g/mol. The first-order valence-corrected chi connectivity index (χ1v) is 8.58. The highest BCUT2D eigenvalue weighted by atomic mass is 19.4. The van der Waals surface area contributed by atoms with Crippen LogP contribution in [0, 0.1) is 0 Å². The number of hydrogen-bond acceptors (Lipinski definition) is 2. The zero-order valence-electron chi connectivity index (χ0n) is 14.6. The molecule has 1 fully saturated rings. The van der Waals surface area contributed by atoms with Crippen LogP contribution in [0.1, 0.15) is 40.7 Å². The zero-order valence-corrected chi connectivity index (χ0v) is 14.6. The Bertz CT molecular complexity index is 800. The van der Waals surface area contributed by atoms with Crippen LogP contribution in [0.15, 0.2) is 48.5 Å². The van der Waals surface area contributed by atoms with E-state index >= 15 is 0 Å². The van der Waals surface area contributed by atoms with Crippen molar-refractivity contribution in [2.75, 3.05) is 11.4 Å². The molecule has 3 rings (SSSR count). The van der Waals surface area contributed by atoms with Crippen LogP contribution in [0.4, 0.5) is 23.2 Å². The summed E-state index contributed by atoms with van der Waals surface area (Å²) in [6, 6.07) is 10.8. The van der Waals surface area contributed by atoms with Gasteiger partial charge in [0.2, 0.25) is 0 Å². The molecule has 0 radical (unpaired) electrons. The van der Waals surface area contributed by atoms with E-state index in [4.69, 9.17) is 5.11 Å². The Balaban J connectivity index is 1.83. The van der Waals surface area contributed by atoms with Crippen LogP contribution >= 0.6 is 0 Å². The minimum atomic E-state index is -4.39. The molecule has 0 saturated carbocycles. The normalized spacial score (nSPS) is 21.3. The van der Waals surface area contributed by atoms with Crippen molar-refractivity contribution in [3.05, 3.63) is 65.2 Å². The summed E-state index contributed by atoms with van der Waals surface area (Å²) in [5, 5.41) is 9.00. The SMILES string of the molecule is CC(F)[C@@H]1CC(c2ccc(C(F)(F)F)cc2)CN1c1ccc(C(=O)O)cc1. The Kier molecular flexibility index (Phi) is 5.13. The van der Waals surface area contributed by atoms with Gasteiger partial charge >= 0.3 is 12.1 Å². The van der Waals surface area contributed by atoms with E-state index in [1.165, 1.54) is 31.2 Å². The topological polar surface area (TPSA) is 40.5 Å². The largest absolute Gasteiger partial charge is 0.478 e. The number of hydrogen-bond donors (Lipinski definition) is 1. The molecule has 1 saturated heterocycles. The van der Waals surface area contributed by atoms with Gasteiger partial charge in [0.05, 0.1) is 17.2 Å². The molecule has 2 unspecified atom stereocenters. The standard InChI is InChI=1S/C20H19F4NO2/c1-12(21)18-10-15(13-2-6-16(7-3-13)20(22,23)24)11-25(18)17-8-4-14(5-9-17)19(26)27/h2-9,12,15,18H,10-11H2,1H3,(H,26,27)/t12?,15?,18-/m0/s1. The molecule has 1 N–H and O–H groups in total. The van der Waals surface area contributed by atoms with Crippen LogP contribution in [0.25, 0.3) is 0 Å². The lowest BCUT2D eigenvalue weighted by Gasteiger charge is -2.27. The van der Waals surface area contributed by atoms with E-state index < -0.39 is 29.9 Å². The lowest BCUT2D eigenvalue weighted by molar-refractivity contribution is -0.137. The summed E-state index contributed by atoms with van der Waals surface area (Å²) in [5.41, 5.74) is 0.866. The van der Waals surface area contributed by atoms with Gasteiger partial charge in [0.25, 0.3) is 0 Å². The molecule has 0 bridgehead atoms. The van der Waals surface area contributed by atoms with E-state index in [0.29, 0.717) is 18.7 Å². The molecule has 7 heteroatoms. The van der Waals surface area contributed by atoms with Crippen molar-refractivity contribution < 1.29 is 27.5 Å². The van der Waals surface area contributed by atoms with Gasteiger partial charge in [0.1, 0.15) is 6.17 Å². The fraction of sp³-hybridized carbons (Fsp3) is 0.350. The molecule has 144 valence electrons. The van der Waals surface area contributed by atoms with E-state index in [-0.39, 0.29) is 11.5 Å². The van der Waals surface area contributed by atoms with Crippen LogP contribution in [0.5, 0.6) is 0 Å². The van der Waals surface area contributed by atoms with Crippen molar-refractivity contribution in [2.45, 2.75) is 37.7 Å². The maximum Gasteiger partial charge on any atom is 0.416 e. The Morgan fingerprint density at radius 1 is 1.11 bits per heavy atom. The maximum absolute atomic E-state index is 14.2. The van der Waals surface area contributed by atoms with E-state index in [1.807, 2.05) is 4.90 Å². The molecule has 3 nitrogen and oxygen atoms in total. The maximum atomic E-state index is 14.2. The molecule has 2 aromatic carbocycles. The predicted octanol–water partition coefficient (Wildman–Crippen LogP) is 5.12. The number of carboxylic acids is 1. The molecule has 0 amide bonds. The first-order chi connectivity index (χ1) is 12.7. The van der Waals surface area contributed by atoms with Gasteiger partial charge in [-0.1, -0.05) is 12.1 Å². The Hall–Kier alpha value is -2.57. The van der Waals surface area contributed by atoms with Gasteiger partial charge in [-0.3, -0.25) is 0 Å². The van der Waals surface area contributed by atoms with Crippen LogP contribution in [0.3, 0.4) is 0 Å². The minimum Gasteiger partial charge on any atom is -0.478 e. The summed E-state index contributed by atoms with van der Waals surface area (Å²) in [5.74, 6) is -1.14. The number of aromatic carboxylic acids is 1. The number of halogens is 4. The van der Waals surface area contributed by atoms with Crippen LogP contribution in [-0.2, 0) is 6.18 Å². The van der Waals surface area contributed by atoms with E-state index in [1.54, 1.807) is 12.1 Å². The fourth-order valence-corrected chi connectivity index (χ4v) is 3.58. The third-order valence-corrected chi connectivity index (χ3v) is 5.03. The second kappa shape index (κ2) is 7.21. The van der Waals surface area contributed by atoms with Crippen LogP contribution < -0.4 is 4.90 Å². The molecular weight excluding hydrogens is 362 g/mol. The van der Waals surface area contributed by atoms with E-state index in [9.17, 15) is 22.4 Å². The number of carbonyl (C=O) groups is 1. The summed E-state index contributed by atoms with van der Waals surface area (Å²) in [7, 11) is 0. The second-order valence-electron chi connectivity index (χ2n) is 6.80. The van der Waals surface area contributed by atoms with Crippen molar-refractivity contribution in [3.8, 4) is 0 Å². The molecule has 1 aliphatic rings. The zero-order chi connectivity index (χ0) is 19.8. The van der Waals surface area contributed by atoms with Gasteiger partial charge in [-0.05, 0) is 55.3 Å². The second-order valence-corrected chi connectivity index (χ2v) is 6.80. The number of alkyl halides is 4. The van der Waals surface area contributed by atoms with Crippen LogP contribution in [-0.4, -0.2) is 29.8 Å². The van der Waals surface area contributed by atoms with E-state index in [0.717, 1.165) is 17.7 Å². The fourth-order valence-electron chi connectivity index (χ4n) is 3.58. The van der Waals surface area contributed by atoms with Crippen LogP contribution in [0.2, 0.25) is 0 Å². The number of carboxylic acid groups (broad SMARTS) is 1. The Labute approximate surface area is 154 Å². The summed E-state index contributed by atoms with van der Waals surface area (Å²) < 4.78 is 52.4. The predicted molar refractivity (Wildman–Crippen MR) is 93.9 cm³/mol. The van der Waals surface area contributed by atoms with Gasteiger partial charge in [-0.2, -0.15) is 13.2 Å². The van der Waals surface area contributed by atoms with Gasteiger partial charge in [0, 0.05) is 18.2 Å². The lowest BCUT2D eigenvalue weighted by atomic mass is 9.94. The van der Waals surface area contributed by atoms with Crippen molar-refractivity contribution in [2.24, 2.45) is 0 Å². The number of anilines is 1. The summed E-state index contributed by atoms with van der Waals surface area (Å²) in [6.45, 7) is 1.91. The quantitative estimate of drug-likeness (QED) is 0.747.